The van der Waals surface area contributed by atoms with E-state index in [0.29, 0.717) is 49.1 Å². The van der Waals surface area contributed by atoms with E-state index in [-0.39, 0.29) is 25.0 Å². The van der Waals surface area contributed by atoms with Gasteiger partial charge in [-0.2, -0.15) is 0 Å². The molecule has 4 rings (SSSR count). The number of hydrogen-bond acceptors (Lipinski definition) is 7. The maximum absolute atomic E-state index is 12.6. The Morgan fingerprint density at radius 1 is 0.919 bits per heavy atom. The minimum atomic E-state index is -0.323. The minimum Gasteiger partial charge on any atom is -0.497 e. The Morgan fingerprint density at radius 3 is 2.24 bits per heavy atom. The van der Waals surface area contributed by atoms with Gasteiger partial charge in [-0.1, -0.05) is 0 Å². The molecule has 2 amide bonds. The van der Waals surface area contributed by atoms with Crippen molar-refractivity contribution in [3.63, 3.8) is 0 Å². The van der Waals surface area contributed by atoms with E-state index in [1.165, 1.54) is 0 Å². The molecule has 3 aromatic rings. The fourth-order valence-electron chi connectivity index (χ4n) is 3.75. The Morgan fingerprint density at radius 2 is 1.57 bits per heavy atom. The van der Waals surface area contributed by atoms with Crippen molar-refractivity contribution >= 4 is 23.2 Å². The fraction of sp³-hybridized carbons (Fsp3) is 0.286. The lowest BCUT2D eigenvalue weighted by Gasteiger charge is -2.30. The van der Waals surface area contributed by atoms with Crippen molar-refractivity contribution in [2.45, 2.75) is 13.3 Å². The summed E-state index contributed by atoms with van der Waals surface area (Å²) in [4.78, 5) is 26.7. The zero-order valence-electron chi connectivity index (χ0n) is 20.9. The van der Waals surface area contributed by atoms with Crippen LogP contribution in [0.4, 0.5) is 11.4 Å². The molecule has 9 heteroatoms. The molecule has 0 saturated carbocycles. The maximum atomic E-state index is 12.6. The van der Waals surface area contributed by atoms with Gasteiger partial charge in [-0.25, -0.2) is 0 Å². The average molecular weight is 507 g/mol. The largest absolute Gasteiger partial charge is 0.497 e. The van der Waals surface area contributed by atoms with Gasteiger partial charge in [0.25, 0.3) is 11.8 Å². The van der Waals surface area contributed by atoms with Gasteiger partial charge >= 0.3 is 0 Å². The summed E-state index contributed by atoms with van der Waals surface area (Å²) < 4.78 is 27.5. The highest BCUT2D eigenvalue weighted by Crippen LogP contribution is 2.34. The molecule has 3 aromatic carbocycles. The summed E-state index contributed by atoms with van der Waals surface area (Å²) in [5.74, 6) is 2.89. The topological polar surface area (TPSA) is 95.6 Å². The summed E-state index contributed by atoms with van der Waals surface area (Å²) in [7, 11) is 1.61. The lowest BCUT2D eigenvalue weighted by atomic mass is 10.2. The summed E-state index contributed by atoms with van der Waals surface area (Å²) in [6.07, 6.45) is 0.615. The number of amides is 2. The van der Waals surface area contributed by atoms with Gasteiger partial charge in [-0.05, 0) is 80.1 Å². The van der Waals surface area contributed by atoms with Gasteiger partial charge in [0.05, 0.1) is 26.0 Å². The number of ether oxygens (including phenoxy) is 5. The molecule has 0 unspecified atom stereocenters. The second-order valence-electron chi connectivity index (χ2n) is 8.14. The number of fused-ring (bicyclic) bond motifs is 1. The molecular formula is C28H30N2O7. The molecule has 1 heterocycles. The normalized spacial score (nSPS) is 12.3. The van der Waals surface area contributed by atoms with E-state index in [4.69, 9.17) is 23.7 Å². The van der Waals surface area contributed by atoms with Gasteiger partial charge < -0.3 is 33.9 Å². The van der Waals surface area contributed by atoms with Crippen molar-refractivity contribution in [1.29, 1.82) is 0 Å². The van der Waals surface area contributed by atoms with Crippen LogP contribution in [0.2, 0.25) is 0 Å². The van der Waals surface area contributed by atoms with Gasteiger partial charge in [-0.15, -0.1) is 0 Å². The van der Waals surface area contributed by atoms with Crippen LogP contribution in [0.1, 0.15) is 13.3 Å². The molecule has 9 nitrogen and oxygen atoms in total. The summed E-state index contributed by atoms with van der Waals surface area (Å²) in [5.41, 5.74) is 1.14. The molecule has 37 heavy (non-hydrogen) atoms. The number of anilines is 2. The van der Waals surface area contributed by atoms with Crippen molar-refractivity contribution in [3.05, 3.63) is 66.7 Å². The van der Waals surface area contributed by atoms with E-state index >= 15 is 0 Å². The van der Waals surface area contributed by atoms with E-state index in [1.807, 2.05) is 31.2 Å². The van der Waals surface area contributed by atoms with Crippen LogP contribution >= 0.6 is 0 Å². The third kappa shape index (κ3) is 7.07. The Labute approximate surface area is 215 Å². The number of nitrogens with zero attached hydrogens (tertiary/aromatic N) is 1. The molecule has 1 aliphatic heterocycles. The average Bonchev–Trinajstić information content (AvgIpc) is 2.92. The molecule has 0 radical (unpaired) electrons. The Balaban J connectivity index is 1.30. The van der Waals surface area contributed by atoms with Crippen LogP contribution in [0, 0.1) is 0 Å². The molecule has 0 aromatic heterocycles. The van der Waals surface area contributed by atoms with Crippen LogP contribution in [0.25, 0.3) is 0 Å². The molecule has 1 aliphatic rings. The zero-order chi connectivity index (χ0) is 26.0. The second-order valence-corrected chi connectivity index (χ2v) is 8.14. The first kappa shape index (κ1) is 25.7. The number of carbonyl (C=O) groups is 2. The number of nitrogens with one attached hydrogen (secondary N) is 1. The van der Waals surface area contributed by atoms with Crippen LogP contribution < -0.4 is 33.9 Å². The van der Waals surface area contributed by atoms with E-state index < -0.39 is 0 Å². The van der Waals surface area contributed by atoms with Gasteiger partial charge in [-0.3, -0.25) is 9.59 Å². The molecule has 0 bridgehead atoms. The second kappa shape index (κ2) is 12.5. The lowest BCUT2D eigenvalue weighted by Crippen LogP contribution is -2.39. The summed E-state index contributed by atoms with van der Waals surface area (Å²) in [6, 6.07) is 19.6. The van der Waals surface area contributed by atoms with Gasteiger partial charge in [0, 0.05) is 12.2 Å². The molecular weight excluding hydrogens is 476 g/mol. The lowest BCUT2D eigenvalue weighted by molar-refractivity contribution is -0.121. The fourth-order valence-corrected chi connectivity index (χ4v) is 3.75. The first-order valence-corrected chi connectivity index (χ1v) is 12.1. The number of rotatable bonds is 12. The van der Waals surface area contributed by atoms with Crippen LogP contribution in [0.15, 0.2) is 66.7 Å². The van der Waals surface area contributed by atoms with E-state index in [1.54, 1.807) is 54.5 Å². The highest BCUT2D eigenvalue weighted by molar-refractivity contribution is 5.99. The van der Waals surface area contributed by atoms with Crippen LogP contribution in [-0.4, -0.2) is 51.9 Å². The first-order valence-electron chi connectivity index (χ1n) is 12.1. The van der Waals surface area contributed by atoms with Crippen LogP contribution in [0.5, 0.6) is 28.7 Å². The molecule has 0 fully saturated rings. The van der Waals surface area contributed by atoms with Crippen molar-refractivity contribution in [2.75, 3.05) is 50.3 Å². The van der Waals surface area contributed by atoms with Crippen molar-refractivity contribution in [2.24, 2.45) is 0 Å². The summed E-state index contributed by atoms with van der Waals surface area (Å²) in [6.45, 7) is 3.18. The third-order valence-corrected chi connectivity index (χ3v) is 5.54. The number of methoxy groups -OCH3 is 1. The molecule has 0 saturated heterocycles. The molecule has 0 atom stereocenters. The van der Waals surface area contributed by atoms with Gasteiger partial charge in [0.1, 0.15) is 28.7 Å². The van der Waals surface area contributed by atoms with E-state index in [0.717, 1.165) is 17.2 Å². The summed E-state index contributed by atoms with van der Waals surface area (Å²) >= 11 is 0. The highest BCUT2D eigenvalue weighted by atomic mass is 16.5. The minimum absolute atomic E-state index is 0.0338. The molecule has 0 aliphatic carbocycles. The molecule has 0 spiro atoms. The SMILES string of the molecule is CCOc1ccc(OCC(=O)Nc2ccc3c(c2)N(CCCOc2ccc(OC)cc2)C(=O)CO3)cc1. The Kier molecular flexibility index (Phi) is 8.70. The van der Waals surface area contributed by atoms with Crippen LogP contribution in [0.3, 0.4) is 0 Å². The number of hydrogen-bond donors (Lipinski definition) is 1. The highest BCUT2D eigenvalue weighted by Gasteiger charge is 2.25. The standard InChI is InChI=1S/C28H30N2O7/c1-3-34-22-10-12-24(13-11-22)36-18-27(31)29-20-5-14-26-25(17-20)30(28(32)19-37-26)15-4-16-35-23-8-6-21(33-2)7-9-23/h5-14,17H,3-4,15-16,18-19H2,1-2H3,(H,29,31). The summed E-state index contributed by atoms with van der Waals surface area (Å²) in [5, 5.41) is 2.81. The van der Waals surface area contributed by atoms with E-state index in [9.17, 15) is 9.59 Å². The maximum Gasteiger partial charge on any atom is 0.265 e. The van der Waals surface area contributed by atoms with Crippen LogP contribution in [-0.2, 0) is 9.59 Å². The monoisotopic (exact) mass is 506 g/mol. The van der Waals surface area contributed by atoms with Gasteiger partial charge in [0.2, 0.25) is 0 Å². The first-order chi connectivity index (χ1) is 18.1. The van der Waals surface area contributed by atoms with Gasteiger partial charge in [0.15, 0.2) is 13.2 Å². The van der Waals surface area contributed by atoms with Crippen molar-refractivity contribution < 1.29 is 33.3 Å². The molecule has 1 N–H and O–H groups in total. The quantitative estimate of drug-likeness (QED) is 0.366. The smallest absolute Gasteiger partial charge is 0.265 e. The zero-order valence-corrected chi connectivity index (χ0v) is 20.9. The van der Waals surface area contributed by atoms with Crippen molar-refractivity contribution in [1.82, 2.24) is 0 Å². The predicted octanol–water partition coefficient (Wildman–Crippen LogP) is 4.31. The van der Waals surface area contributed by atoms with E-state index in [2.05, 4.69) is 5.32 Å². The Hall–Kier alpha value is -4.40. The molecule has 194 valence electrons. The Bertz CT molecular complexity index is 1200. The number of benzene rings is 3. The third-order valence-electron chi connectivity index (χ3n) is 5.54. The number of carbonyl (C=O) groups excluding carboxylic acids is 2. The predicted molar refractivity (Wildman–Crippen MR) is 139 cm³/mol. The van der Waals surface area contributed by atoms with Crippen molar-refractivity contribution in [3.8, 4) is 28.7 Å².